The molecule has 1 amide bonds. The number of likely N-dealkylation sites (tertiary alicyclic amines) is 1. The summed E-state index contributed by atoms with van der Waals surface area (Å²) in [5.74, 6) is 0.834. The first kappa shape index (κ1) is 15.8. The molecule has 4 nitrogen and oxygen atoms in total. The molecule has 1 fully saturated rings. The minimum Gasteiger partial charge on any atom is -0.484 e. The van der Waals surface area contributed by atoms with Gasteiger partial charge in [0.05, 0.1) is 0 Å². The van der Waals surface area contributed by atoms with Gasteiger partial charge < -0.3 is 15.4 Å². The molecule has 21 heavy (non-hydrogen) atoms. The van der Waals surface area contributed by atoms with Crippen molar-refractivity contribution in [3.63, 3.8) is 0 Å². The zero-order valence-electron chi connectivity index (χ0n) is 12.9. The zero-order valence-corrected chi connectivity index (χ0v) is 12.9. The number of hydrogen-bond donors (Lipinski definition) is 1. The van der Waals surface area contributed by atoms with Crippen LogP contribution in [0.1, 0.15) is 38.2 Å². The van der Waals surface area contributed by atoms with Gasteiger partial charge in [-0.05, 0) is 56.3 Å². The second-order valence-corrected chi connectivity index (χ2v) is 5.60. The molecule has 1 aliphatic rings. The molecule has 1 aromatic carbocycles. The van der Waals surface area contributed by atoms with Crippen molar-refractivity contribution in [2.24, 2.45) is 5.73 Å². The Hall–Kier alpha value is -1.55. The van der Waals surface area contributed by atoms with Crippen molar-refractivity contribution >= 4 is 5.91 Å². The van der Waals surface area contributed by atoms with Crippen molar-refractivity contribution in [3.05, 3.63) is 29.8 Å². The molecule has 1 saturated heterocycles. The van der Waals surface area contributed by atoms with Crippen LogP contribution in [0.3, 0.4) is 0 Å². The summed E-state index contributed by atoms with van der Waals surface area (Å²) in [5.41, 5.74) is 6.92. The lowest BCUT2D eigenvalue weighted by molar-refractivity contribution is -0.137. The number of amides is 1. The van der Waals surface area contributed by atoms with E-state index >= 15 is 0 Å². The third kappa shape index (κ3) is 4.46. The Labute approximate surface area is 127 Å². The average molecular weight is 290 g/mol. The van der Waals surface area contributed by atoms with Gasteiger partial charge in [-0.2, -0.15) is 0 Å². The van der Waals surface area contributed by atoms with Crippen molar-refractivity contribution < 1.29 is 9.53 Å². The van der Waals surface area contributed by atoms with Gasteiger partial charge in [0, 0.05) is 12.6 Å². The number of piperidine rings is 1. The van der Waals surface area contributed by atoms with Crippen LogP contribution in [0.15, 0.2) is 24.3 Å². The number of carbonyl (C=O) groups excluding carboxylic acids is 1. The Morgan fingerprint density at radius 2 is 2.10 bits per heavy atom. The van der Waals surface area contributed by atoms with Crippen LogP contribution in [0.25, 0.3) is 0 Å². The molecule has 0 saturated carbocycles. The van der Waals surface area contributed by atoms with Gasteiger partial charge >= 0.3 is 0 Å². The van der Waals surface area contributed by atoms with E-state index in [1.807, 2.05) is 29.2 Å². The largest absolute Gasteiger partial charge is 0.484 e. The maximum Gasteiger partial charge on any atom is 0.260 e. The molecule has 116 valence electrons. The summed E-state index contributed by atoms with van der Waals surface area (Å²) in [6.07, 6.45) is 5.23. The molecule has 0 bridgehead atoms. The highest BCUT2D eigenvalue weighted by molar-refractivity contribution is 5.78. The Kier molecular flexibility index (Phi) is 6.05. The van der Waals surface area contributed by atoms with Gasteiger partial charge in [0.25, 0.3) is 5.91 Å². The second kappa shape index (κ2) is 8.03. The summed E-state index contributed by atoms with van der Waals surface area (Å²) >= 11 is 0. The van der Waals surface area contributed by atoms with Gasteiger partial charge in [-0.1, -0.05) is 19.1 Å². The number of hydrogen-bond acceptors (Lipinski definition) is 3. The van der Waals surface area contributed by atoms with Crippen LogP contribution in [-0.4, -0.2) is 36.5 Å². The molecular weight excluding hydrogens is 264 g/mol. The molecule has 2 N–H and O–H groups in total. The quantitative estimate of drug-likeness (QED) is 0.875. The van der Waals surface area contributed by atoms with E-state index in [9.17, 15) is 4.79 Å². The number of nitrogens with two attached hydrogens (primary N) is 1. The Morgan fingerprint density at radius 1 is 1.33 bits per heavy atom. The van der Waals surface area contributed by atoms with Crippen molar-refractivity contribution in [1.82, 2.24) is 4.90 Å². The van der Waals surface area contributed by atoms with Crippen molar-refractivity contribution in [3.8, 4) is 5.75 Å². The normalized spacial score (nSPS) is 18.6. The van der Waals surface area contributed by atoms with Gasteiger partial charge in [0.15, 0.2) is 6.61 Å². The smallest absolute Gasteiger partial charge is 0.260 e. The van der Waals surface area contributed by atoms with Gasteiger partial charge in [0.1, 0.15) is 5.75 Å². The molecule has 1 aliphatic heterocycles. The van der Waals surface area contributed by atoms with E-state index in [0.717, 1.165) is 38.0 Å². The summed E-state index contributed by atoms with van der Waals surface area (Å²) in [6, 6.07) is 8.23. The lowest BCUT2D eigenvalue weighted by Gasteiger charge is -2.35. The zero-order chi connectivity index (χ0) is 15.1. The summed E-state index contributed by atoms with van der Waals surface area (Å²) < 4.78 is 5.62. The van der Waals surface area contributed by atoms with E-state index < -0.39 is 0 Å². The van der Waals surface area contributed by atoms with Crippen LogP contribution in [0.5, 0.6) is 5.75 Å². The first-order valence-electron chi connectivity index (χ1n) is 7.96. The topological polar surface area (TPSA) is 55.6 Å². The van der Waals surface area contributed by atoms with E-state index in [0.29, 0.717) is 12.6 Å². The maximum atomic E-state index is 12.3. The number of rotatable bonds is 6. The van der Waals surface area contributed by atoms with E-state index in [1.54, 1.807) is 0 Å². The Bertz CT molecular complexity index is 443. The molecule has 0 aromatic heterocycles. The molecule has 0 aliphatic carbocycles. The molecule has 2 rings (SSSR count). The number of ether oxygens (including phenoxy) is 1. The van der Waals surface area contributed by atoms with Crippen LogP contribution in [0, 0.1) is 0 Å². The summed E-state index contributed by atoms with van der Waals surface area (Å²) in [5, 5.41) is 0. The standard InChI is InChI=1S/C17H26N2O2/c1-2-14-6-8-16(9-7-14)21-13-17(20)19-12-4-3-5-15(19)10-11-18/h6-9,15H,2-5,10-13,18H2,1H3. The highest BCUT2D eigenvalue weighted by Gasteiger charge is 2.26. The Morgan fingerprint density at radius 3 is 2.76 bits per heavy atom. The van der Waals surface area contributed by atoms with Gasteiger partial charge in [-0.3, -0.25) is 4.79 Å². The molecule has 1 aromatic rings. The number of benzene rings is 1. The molecule has 1 atom stereocenters. The monoisotopic (exact) mass is 290 g/mol. The van der Waals surface area contributed by atoms with Crippen LogP contribution in [0.4, 0.5) is 0 Å². The van der Waals surface area contributed by atoms with Gasteiger partial charge in [-0.25, -0.2) is 0 Å². The maximum absolute atomic E-state index is 12.3. The highest BCUT2D eigenvalue weighted by atomic mass is 16.5. The van der Waals surface area contributed by atoms with Crippen LogP contribution < -0.4 is 10.5 Å². The first-order valence-corrected chi connectivity index (χ1v) is 7.96. The fraction of sp³-hybridized carbons (Fsp3) is 0.588. The molecule has 1 unspecified atom stereocenters. The number of aryl methyl sites for hydroxylation is 1. The first-order chi connectivity index (χ1) is 10.2. The fourth-order valence-corrected chi connectivity index (χ4v) is 2.87. The lowest BCUT2D eigenvalue weighted by atomic mass is 9.99. The van der Waals surface area contributed by atoms with E-state index in [1.165, 1.54) is 12.0 Å². The predicted octanol–water partition coefficient (Wildman–Crippen LogP) is 2.36. The molecule has 0 radical (unpaired) electrons. The van der Waals surface area contributed by atoms with Crippen molar-refractivity contribution in [2.45, 2.75) is 45.1 Å². The highest BCUT2D eigenvalue weighted by Crippen LogP contribution is 2.20. The summed E-state index contributed by atoms with van der Waals surface area (Å²) in [4.78, 5) is 14.3. The Balaban J connectivity index is 1.87. The molecular formula is C17H26N2O2. The van der Waals surface area contributed by atoms with Gasteiger partial charge in [0.2, 0.25) is 0 Å². The van der Waals surface area contributed by atoms with Crippen molar-refractivity contribution in [1.29, 1.82) is 0 Å². The van der Waals surface area contributed by atoms with E-state index in [2.05, 4.69) is 6.92 Å². The van der Waals surface area contributed by atoms with Crippen LogP contribution in [0.2, 0.25) is 0 Å². The second-order valence-electron chi connectivity index (χ2n) is 5.60. The van der Waals surface area contributed by atoms with Crippen LogP contribution >= 0.6 is 0 Å². The average Bonchev–Trinajstić information content (AvgIpc) is 2.54. The molecule has 4 heteroatoms. The molecule has 1 heterocycles. The predicted molar refractivity (Wildman–Crippen MR) is 84.3 cm³/mol. The van der Waals surface area contributed by atoms with Crippen LogP contribution in [-0.2, 0) is 11.2 Å². The molecule has 0 spiro atoms. The summed E-state index contributed by atoms with van der Waals surface area (Å²) in [6.45, 7) is 3.70. The van der Waals surface area contributed by atoms with Crippen molar-refractivity contribution in [2.75, 3.05) is 19.7 Å². The van der Waals surface area contributed by atoms with Gasteiger partial charge in [-0.15, -0.1) is 0 Å². The van der Waals surface area contributed by atoms with E-state index in [4.69, 9.17) is 10.5 Å². The fourth-order valence-electron chi connectivity index (χ4n) is 2.87. The number of carbonyl (C=O) groups is 1. The SMILES string of the molecule is CCc1ccc(OCC(=O)N2CCCCC2CCN)cc1. The minimum absolute atomic E-state index is 0.0766. The third-order valence-corrected chi connectivity index (χ3v) is 4.14. The van der Waals surface area contributed by atoms with E-state index in [-0.39, 0.29) is 12.5 Å². The lowest BCUT2D eigenvalue weighted by Crippen LogP contribution is -2.46. The minimum atomic E-state index is 0.0766. The third-order valence-electron chi connectivity index (χ3n) is 4.14. The number of nitrogens with zero attached hydrogens (tertiary/aromatic N) is 1. The summed E-state index contributed by atoms with van der Waals surface area (Å²) in [7, 11) is 0.